The SMILES string of the molecule is CCNc1ncc(F)c(NCCS(C)(=O)=O)n1. The van der Waals surface area contributed by atoms with E-state index in [0.717, 1.165) is 12.5 Å². The van der Waals surface area contributed by atoms with E-state index in [1.807, 2.05) is 6.92 Å². The Kier molecular flexibility index (Phi) is 4.62. The zero-order chi connectivity index (χ0) is 12.9. The van der Waals surface area contributed by atoms with Crippen LogP contribution in [0.1, 0.15) is 6.92 Å². The van der Waals surface area contributed by atoms with Crippen LogP contribution in [0, 0.1) is 5.82 Å². The first kappa shape index (κ1) is 13.6. The van der Waals surface area contributed by atoms with Crippen LogP contribution in [0.15, 0.2) is 6.20 Å². The third kappa shape index (κ3) is 4.94. The highest BCUT2D eigenvalue weighted by atomic mass is 32.2. The maximum atomic E-state index is 13.3. The lowest BCUT2D eigenvalue weighted by atomic mass is 10.5. The highest BCUT2D eigenvalue weighted by Gasteiger charge is 2.07. The summed E-state index contributed by atoms with van der Waals surface area (Å²) in [7, 11) is -3.07. The van der Waals surface area contributed by atoms with E-state index in [9.17, 15) is 12.8 Å². The largest absolute Gasteiger partial charge is 0.366 e. The Hall–Kier alpha value is -1.44. The second-order valence-corrected chi connectivity index (χ2v) is 5.74. The van der Waals surface area contributed by atoms with Crippen molar-refractivity contribution in [1.82, 2.24) is 9.97 Å². The van der Waals surface area contributed by atoms with E-state index in [2.05, 4.69) is 20.6 Å². The predicted octanol–water partition coefficient (Wildman–Crippen LogP) is 0.504. The first-order valence-corrected chi connectivity index (χ1v) is 7.16. The van der Waals surface area contributed by atoms with Crippen molar-refractivity contribution in [3.8, 4) is 0 Å². The van der Waals surface area contributed by atoms with Gasteiger partial charge in [0, 0.05) is 19.3 Å². The van der Waals surface area contributed by atoms with E-state index in [4.69, 9.17) is 0 Å². The van der Waals surface area contributed by atoms with Gasteiger partial charge in [0.05, 0.1) is 11.9 Å². The Morgan fingerprint density at radius 2 is 2.12 bits per heavy atom. The molecule has 0 aliphatic carbocycles. The zero-order valence-electron chi connectivity index (χ0n) is 9.70. The molecular formula is C9H15FN4O2S. The summed E-state index contributed by atoms with van der Waals surface area (Å²) in [6.07, 6.45) is 2.16. The minimum absolute atomic E-state index is 0.000370. The zero-order valence-corrected chi connectivity index (χ0v) is 10.5. The average Bonchev–Trinajstić information content (AvgIpc) is 2.21. The fourth-order valence-corrected chi connectivity index (χ4v) is 1.56. The Morgan fingerprint density at radius 3 is 2.71 bits per heavy atom. The fraction of sp³-hybridized carbons (Fsp3) is 0.556. The van der Waals surface area contributed by atoms with E-state index in [1.54, 1.807) is 0 Å². The van der Waals surface area contributed by atoms with Gasteiger partial charge in [-0.25, -0.2) is 17.8 Å². The van der Waals surface area contributed by atoms with Crippen molar-refractivity contribution >= 4 is 21.6 Å². The Morgan fingerprint density at radius 1 is 1.41 bits per heavy atom. The molecule has 17 heavy (non-hydrogen) atoms. The van der Waals surface area contributed by atoms with E-state index in [-0.39, 0.29) is 18.1 Å². The molecule has 8 heteroatoms. The van der Waals surface area contributed by atoms with Crippen LogP contribution < -0.4 is 10.6 Å². The van der Waals surface area contributed by atoms with Gasteiger partial charge >= 0.3 is 0 Å². The second-order valence-electron chi connectivity index (χ2n) is 3.48. The molecule has 1 aromatic heterocycles. The quantitative estimate of drug-likeness (QED) is 0.777. The fourth-order valence-electron chi connectivity index (χ4n) is 1.09. The van der Waals surface area contributed by atoms with Gasteiger partial charge in [0.2, 0.25) is 5.95 Å². The van der Waals surface area contributed by atoms with Crippen LogP contribution in [0.5, 0.6) is 0 Å². The number of anilines is 2. The van der Waals surface area contributed by atoms with Gasteiger partial charge in [0.1, 0.15) is 9.84 Å². The molecule has 0 saturated carbocycles. The van der Waals surface area contributed by atoms with Crippen LogP contribution in [0.2, 0.25) is 0 Å². The van der Waals surface area contributed by atoms with E-state index in [0.29, 0.717) is 12.5 Å². The maximum absolute atomic E-state index is 13.3. The molecule has 0 bridgehead atoms. The summed E-state index contributed by atoms with van der Waals surface area (Å²) < 4.78 is 35.1. The van der Waals surface area contributed by atoms with Gasteiger partial charge in [-0.05, 0) is 6.92 Å². The molecule has 6 nitrogen and oxygen atoms in total. The molecule has 2 N–H and O–H groups in total. The minimum Gasteiger partial charge on any atom is -0.366 e. The van der Waals surface area contributed by atoms with Crippen LogP contribution in [-0.2, 0) is 9.84 Å². The van der Waals surface area contributed by atoms with Gasteiger partial charge in [-0.2, -0.15) is 4.98 Å². The molecule has 0 saturated heterocycles. The van der Waals surface area contributed by atoms with E-state index >= 15 is 0 Å². The normalized spacial score (nSPS) is 11.2. The van der Waals surface area contributed by atoms with Gasteiger partial charge < -0.3 is 10.6 Å². The molecule has 1 rings (SSSR count). The van der Waals surface area contributed by atoms with Crippen molar-refractivity contribution in [2.45, 2.75) is 6.92 Å². The predicted molar refractivity (Wildman–Crippen MR) is 64.4 cm³/mol. The summed E-state index contributed by atoms with van der Waals surface area (Å²) in [6, 6.07) is 0. The van der Waals surface area contributed by atoms with E-state index < -0.39 is 15.7 Å². The monoisotopic (exact) mass is 262 g/mol. The van der Waals surface area contributed by atoms with Gasteiger partial charge in [0.15, 0.2) is 11.6 Å². The van der Waals surface area contributed by atoms with Gasteiger partial charge in [-0.1, -0.05) is 0 Å². The highest BCUT2D eigenvalue weighted by molar-refractivity contribution is 7.90. The van der Waals surface area contributed by atoms with Crippen LogP contribution in [0.3, 0.4) is 0 Å². The molecule has 0 aromatic carbocycles. The van der Waals surface area contributed by atoms with Crippen molar-refractivity contribution in [1.29, 1.82) is 0 Å². The van der Waals surface area contributed by atoms with Crippen LogP contribution in [0.4, 0.5) is 16.2 Å². The number of halogens is 1. The first-order chi connectivity index (χ1) is 7.92. The Bertz CT molecular complexity index is 478. The first-order valence-electron chi connectivity index (χ1n) is 5.10. The molecule has 0 atom stereocenters. The van der Waals surface area contributed by atoms with Gasteiger partial charge in [0.25, 0.3) is 0 Å². The third-order valence-electron chi connectivity index (χ3n) is 1.84. The lowest BCUT2D eigenvalue weighted by Gasteiger charge is -2.07. The van der Waals surface area contributed by atoms with Crippen molar-refractivity contribution in [2.24, 2.45) is 0 Å². The summed E-state index contributed by atoms with van der Waals surface area (Å²) in [5, 5.41) is 5.46. The molecule has 1 aromatic rings. The lowest BCUT2D eigenvalue weighted by Crippen LogP contribution is -2.16. The standard InChI is InChI=1S/C9H15FN4O2S/c1-3-11-9-13-6-7(10)8(14-9)12-4-5-17(2,15)16/h6H,3-5H2,1-2H3,(H2,11,12,13,14). The molecular weight excluding hydrogens is 247 g/mol. The molecule has 96 valence electrons. The molecule has 0 radical (unpaired) electrons. The number of nitrogens with one attached hydrogen (secondary N) is 2. The number of aromatic nitrogens is 2. The number of sulfone groups is 1. The average molecular weight is 262 g/mol. The summed E-state index contributed by atoms with van der Waals surface area (Å²) in [4.78, 5) is 7.61. The highest BCUT2D eigenvalue weighted by Crippen LogP contribution is 2.11. The van der Waals surface area contributed by atoms with Crippen molar-refractivity contribution in [2.75, 3.05) is 35.7 Å². The number of hydrogen-bond donors (Lipinski definition) is 2. The minimum atomic E-state index is -3.07. The molecule has 0 spiro atoms. The number of rotatable bonds is 6. The summed E-state index contributed by atoms with van der Waals surface area (Å²) in [5.41, 5.74) is 0. The smallest absolute Gasteiger partial charge is 0.224 e. The molecule has 0 aliphatic rings. The Balaban J connectivity index is 2.66. The van der Waals surface area contributed by atoms with Gasteiger partial charge in [-0.3, -0.25) is 0 Å². The summed E-state index contributed by atoms with van der Waals surface area (Å²) >= 11 is 0. The molecule has 0 fully saturated rings. The third-order valence-corrected chi connectivity index (χ3v) is 2.79. The van der Waals surface area contributed by atoms with E-state index in [1.165, 1.54) is 0 Å². The lowest BCUT2D eigenvalue weighted by molar-refractivity contribution is 0.601. The maximum Gasteiger partial charge on any atom is 0.224 e. The van der Waals surface area contributed by atoms with Crippen LogP contribution in [-0.4, -0.2) is 43.5 Å². The van der Waals surface area contributed by atoms with Crippen molar-refractivity contribution in [3.05, 3.63) is 12.0 Å². The van der Waals surface area contributed by atoms with Crippen LogP contribution in [0.25, 0.3) is 0 Å². The second kappa shape index (κ2) is 5.76. The number of nitrogens with zero attached hydrogens (tertiary/aromatic N) is 2. The summed E-state index contributed by atoms with van der Waals surface area (Å²) in [5.74, 6) is -0.386. The number of hydrogen-bond acceptors (Lipinski definition) is 6. The van der Waals surface area contributed by atoms with Gasteiger partial charge in [-0.15, -0.1) is 0 Å². The van der Waals surface area contributed by atoms with Crippen LogP contribution >= 0.6 is 0 Å². The molecule has 0 unspecified atom stereocenters. The molecule has 0 amide bonds. The Labute approximate surface area is 99.6 Å². The topological polar surface area (TPSA) is 84.0 Å². The molecule has 0 aliphatic heterocycles. The summed E-state index contributed by atoms with van der Waals surface area (Å²) in [6.45, 7) is 2.59. The molecule has 1 heterocycles. The van der Waals surface area contributed by atoms with Crippen molar-refractivity contribution in [3.63, 3.8) is 0 Å². The van der Waals surface area contributed by atoms with Crippen molar-refractivity contribution < 1.29 is 12.8 Å².